The second-order valence-electron chi connectivity index (χ2n) is 6.47. The van der Waals surface area contributed by atoms with Crippen molar-refractivity contribution in [2.45, 2.75) is 38.1 Å². The standard InChI is InChI=1S/C17H27N3O2.HI/c1-17(2,11-19-16(18)20(3)13-7-8-13)12-6-9-14(21-4)15(10-12)22-5;/h6,9-10,13H,7-8,11H2,1-5H3,(H2,18,19);1H. The first-order chi connectivity index (χ1) is 10.4. The van der Waals surface area contributed by atoms with Gasteiger partial charge in [0.1, 0.15) is 0 Å². The summed E-state index contributed by atoms with van der Waals surface area (Å²) >= 11 is 0. The molecule has 0 radical (unpaired) electrons. The number of ether oxygens (including phenoxy) is 2. The second-order valence-corrected chi connectivity index (χ2v) is 6.47. The molecule has 130 valence electrons. The molecule has 1 aliphatic rings. The van der Waals surface area contributed by atoms with E-state index in [1.165, 1.54) is 12.8 Å². The molecule has 6 heteroatoms. The molecule has 1 aromatic rings. The summed E-state index contributed by atoms with van der Waals surface area (Å²) in [7, 11) is 5.30. The van der Waals surface area contributed by atoms with E-state index >= 15 is 0 Å². The number of halogens is 1. The van der Waals surface area contributed by atoms with Crippen LogP contribution in [-0.4, -0.2) is 44.7 Å². The molecular weight excluding hydrogens is 405 g/mol. The van der Waals surface area contributed by atoms with E-state index in [9.17, 15) is 0 Å². The molecule has 0 aromatic heterocycles. The number of nitrogens with two attached hydrogens (primary N) is 1. The Kier molecular flexibility index (Phi) is 6.98. The number of aliphatic imine (C=N–C) groups is 1. The average molecular weight is 433 g/mol. The van der Waals surface area contributed by atoms with E-state index in [4.69, 9.17) is 15.2 Å². The van der Waals surface area contributed by atoms with Crippen molar-refractivity contribution >= 4 is 29.9 Å². The minimum absolute atomic E-state index is 0. The summed E-state index contributed by atoms with van der Waals surface area (Å²) in [4.78, 5) is 6.65. The highest BCUT2D eigenvalue weighted by Crippen LogP contribution is 2.33. The first kappa shape index (κ1) is 19.9. The second kappa shape index (κ2) is 8.08. The van der Waals surface area contributed by atoms with Gasteiger partial charge in [0.25, 0.3) is 0 Å². The highest BCUT2D eigenvalue weighted by molar-refractivity contribution is 14.0. The molecule has 0 bridgehead atoms. The van der Waals surface area contributed by atoms with Gasteiger partial charge in [-0.15, -0.1) is 24.0 Å². The summed E-state index contributed by atoms with van der Waals surface area (Å²) < 4.78 is 10.7. The summed E-state index contributed by atoms with van der Waals surface area (Å²) in [5.74, 6) is 2.09. The van der Waals surface area contributed by atoms with Crippen LogP contribution in [0.2, 0.25) is 0 Å². The molecule has 1 aliphatic carbocycles. The lowest BCUT2D eigenvalue weighted by molar-refractivity contribution is 0.353. The Morgan fingerprint density at radius 2 is 1.87 bits per heavy atom. The van der Waals surface area contributed by atoms with Crippen LogP contribution in [-0.2, 0) is 5.41 Å². The zero-order valence-electron chi connectivity index (χ0n) is 14.6. The van der Waals surface area contributed by atoms with E-state index in [1.54, 1.807) is 14.2 Å². The van der Waals surface area contributed by atoms with Gasteiger partial charge in [-0.1, -0.05) is 19.9 Å². The molecule has 1 saturated carbocycles. The van der Waals surface area contributed by atoms with Crippen LogP contribution < -0.4 is 15.2 Å². The van der Waals surface area contributed by atoms with E-state index in [0.29, 0.717) is 18.5 Å². The van der Waals surface area contributed by atoms with Gasteiger partial charge in [0.2, 0.25) is 0 Å². The fourth-order valence-electron chi connectivity index (χ4n) is 2.39. The summed E-state index contributed by atoms with van der Waals surface area (Å²) in [5, 5.41) is 0. The highest BCUT2D eigenvalue weighted by Gasteiger charge is 2.28. The molecular formula is C17H28IN3O2. The lowest BCUT2D eigenvalue weighted by Crippen LogP contribution is -2.37. The molecule has 1 aromatic carbocycles. The van der Waals surface area contributed by atoms with Crippen LogP contribution in [0.1, 0.15) is 32.3 Å². The van der Waals surface area contributed by atoms with Crippen molar-refractivity contribution in [2.24, 2.45) is 10.7 Å². The van der Waals surface area contributed by atoms with Gasteiger partial charge >= 0.3 is 0 Å². The van der Waals surface area contributed by atoms with E-state index < -0.39 is 0 Å². The summed E-state index contributed by atoms with van der Waals surface area (Å²) in [5.41, 5.74) is 7.09. The number of benzene rings is 1. The van der Waals surface area contributed by atoms with Crippen molar-refractivity contribution in [3.8, 4) is 11.5 Å². The zero-order valence-corrected chi connectivity index (χ0v) is 17.0. The smallest absolute Gasteiger partial charge is 0.191 e. The fraction of sp³-hybridized carbons (Fsp3) is 0.588. The first-order valence-corrected chi connectivity index (χ1v) is 7.64. The van der Waals surface area contributed by atoms with Gasteiger partial charge in [0.05, 0.1) is 20.8 Å². The van der Waals surface area contributed by atoms with E-state index in [0.717, 1.165) is 17.1 Å². The molecule has 0 aliphatic heterocycles. The van der Waals surface area contributed by atoms with Crippen molar-refractivity contribution in [1.29, 1.82) is 0 Å². The average Bonchev–Trinajstić information content (AvgIpc) is 3.35. The van der Waals surface area contributed by atoms with Crippen molar-refractivity contribution in [1.82, 2.24) is 4.90 Å². The van der Waals surface area contributed by atoms with Crippen molar-refractivity contribution < 1.29 is 9.47 Å². The number of methoxy groups -OCH3 is 2. The van der Waals surface area contributed by atoms with Gasteiger partial charge in [0, 0.05) is 18.5 Å². The third-order valence-electron chi connectivity index (χ3n) is 4.26. The van der Waals surface area contributed by atoms with Crippen molar-refractivity contribution in [3.05, 3.63) is 23.8 Å². The highest BCUT2D eigenvalue weighted by atomic mass is 127. The Morgan fingerprint density at radius 1 is 1.26 bits per heavy atom. The molecule has 5 nitrogen and oxygen atoms in total. The molecule has 0 amide bonds. The third-order valence-corrected chi connectivity index (χ3v) is 4.26. The number of hydrogen-bond acceptors (Lipinski definition) is 3. The number of guanidine groups is 1. The van der Waals surface area contributed by atoms with Crippen molar-refractivity contribution in [3.63, 3.8) is 0 Å². The van der Waals surface area contributed by atoms with E-state index in [-0.39, 0.29) is 29.4 Å². The maximum atomic E-state index is 6.08. The van der Waals surface area contributed by atoms with Crippen LogP contribution in [0.5, 0.6) is 11.5 Å². The van der Waals surface area contributed by atoms with Crippen LogP contribution >= 0.6 is 24.0 Å². The van der Waals surface area contributed by atoms with Crippen LogP contribution in [0, 0.1) is 0 Å². The molecule has 2 rings (SSSR count). The van der Waals surface area contributed by atoms with Gasteiger partial charge in [-0.25, -0.2) is 0 Å². The van der Waals surface area contributed by atoms with Gasteiger partial charge in [0.15, 0.2) is 17.5 Å². The Labute approximate surface area is 156 Å². The zero-order chi connectivity index (χ0) is 16.3. The molecule has 0 atom stereocenters. The van der Waals surface area contributed by atoms with Crippen LogP contribution in [0.4, 0.5) is 0 Å². The van der Waals surface area contributed by atoms with Gasteiger partial charge in [-0.2, -0.15) is 0 Å². The fourth-order valence-corrected chi connectivity index (χ4v) is 2.39. The minimum Gasteiger partial charge on any atom is -0.493 e. The predicted octanol–water partition coefficient (Wildman–Crippen LogP) is 3.01. The Hall–Kier alpha value is -1.18. The summed E-state index contributed by atoms with van der Waals surface area (Å²) in [6.07, 6.45) is 2.43. The molecule has 0 unspecified atom stereocenters. The Balaban J connectivity index is 0.00000264. The topological polar surface area (TPSA) is 60.1 Å². The molecule has 1 fully saturated rings. The van der Waals surface area contributed by atoms with Gasteiger partial charge < -0.3 is 20.1 Å². The van der Waals surface area contributed by atoms with Gasteiger partial charge in [-0.3, -0.25) is 4.99 Å². The lowest BCUT2D eigenvalue weighted by Gasteiger charge is -2.25. The minimum atomic E-state index is -0.130. The summed E-state index contributed by atoms with van der Waals surface area (Å²) in [6, 6.07) is 6.57. The normalized spacial score (nSPS) is 14.9. The van der Waals surface area contributed by atoms with E-state index in [1.807, 2.05) is 19.2 Å². The molecule has 2 N–H and O–H groups in total. The maximum absolute atomic E-state index is 6.08. The quantitative estimate of drug-likeness (QED) is 0.426. The number of hydrogen-bond donors (Lipinski definition) is 1. The largest absolute Gasteiger partial charge is 0.493 e. The van der Waals surface area contributed by atoms with Crippen LogP contribution in [0.25, 0.3) is 0 Å². The van der Waals surface area contributed by atoms with Crippen LogP contribution in [0.3, 0.4) is 0 Å². The van der Waals surface area contributed by atoms with E-state index in [2.05, 4.69) is 29.8 Å². The molecule has 23 heavy (non-hydrogen) atoms. The maximum Gasteiger partial charge on any atom is 0.191 e. The van der Waals surface area contributed by atoms with Crippen molar-refractivity contribution in [2.75, 3.05) is 27.8 Å². The third kappa shape index (κ3) is 4.89. The molecule has 0 spiro atoms. The Morgan fingerprint density at radius 3 is 2.39 bits per heavy atom. The lowest BCUT2D eigenvalue weighted by atomic mass is 9.84. The molecule has 0 saturated heterocycles. The Bertz CT molecular complexity index is 557. The first-order valence-electron chi connectivity index (χ1n) is 7.64. The monoisotopic (exact) mass is 433 g/mol. The predicted molar refractivity (Wildman–Crippen MR) is 105 cm³/mol. The number of rotatable bonds is 6. The molecule has 0 heterocycles. The summed E-state index contributed by atoms with van der Waals surface area (Å²) in [6.45, 7) is 4.94. The van der Waals surface area contributed by atoms with Gasteiger partial charge in [-0.05, 0) is 30.5 Å². The number of nitrogens with zero attached hydrogens (tertiary/aromatic N) is 2. The van der Waals surface area contributed by atoms with Crippen LogP contribution in [0.15, 0.2) is 23.2 Å². The SMILES string of the molecule is COc1ccc(C(C)(C)CN=C(N)N(C)C2CC2)cc1OC.I.